The second-order valence-corrected chi connectivity index (χ2v) is 5.47. The Hall–Kier alpha value is -3.48. The lowest BCUT2D eigenvalue weighted by molar-refractivity contribution is -0.385. The summed E-state index contributed by atoms with van der Waals surface area (Å²) in [5.41, 5.74) is 2.75. The average molecular weight is 335 g/mol. The first-order valence-corrected chi connectivity index (χ1v) is 7.69. The Bertz CT molecular complexity index is 932. The van der Waals surface area contributed by atoms with Crippen molar-refractivity contribution in [3.05, 3.63) is 76.0 Å². The lowest BCUT2D eigenvalue weighted by Gasteiger charge is -2.07. The Kier molecular flexibility index (Phi) is 4.56. The van der Waals surface area contributed by atoms with Crippen molar-refractivity contribution < 1.29 is 4.92 Å². The molecular formula is C18H17N5O2. The summed E-state index contributed by atoms with van der Waals surface area (Å²) in [5.74, 6) is 0.721. The first-order chi connectivity index (χ1) is 12.1. The van der Waals surface area contributed by atoms with E-state index in [1.54, 1.807) is 22.9 Å². The molecule has 0 saturated heterocycles. The predicted molar refractivity (Wildman–Crippen MR) is 98.0 cm³/mol. The molecule has 25 heavy (non-hydrogen) atoms. The number of benzene rings is 2. The Morgan fingerprint density at radius 2 is 1.84 bits per heavy atom. The van der Waals surface area contributed by atoms with Gasteiger partial charge in [-0.1, -0.05) is 30.3 Å². The molecule has 1 aromatic heterocycles. The molecular weight excluding hydrogens is 318 g/mol. The molecule has 0 atom stereocenters. The van der Waals surface area contributed by atoms with Gasteiger partial charge in [-0.2, -0.15) is 5.10 Å². The average Bonchev–Trinajstić information content (AvgIpc) is 2.87. The van der Waals surface area contributed by atoms with Crippen molar-refractivity contribution in [2.45, 2.75) is 6.92 Å². The second-order valence-electron chi connectivity index (χ2n) is 5.47. The van der Waals surface area contributed by atoms with Crippen molar-refractivity contribution in [2.75, 3.05) is 5.32 Å². The van der Waals surface area contributed by atoms with E-state index in [1.807, 2.05) is 44.3 Å². The Morgan fingerprint density at radius 1 is 1.16 bits per heavy atom. The van der Waals surface area contributed by atoms with E-state index in [1.165, 1.54) is 12.3 Å². The SMILES string of the molecule is Cc1nn(C)c(Nc2ccccc2)c1N=Cc1ccccc1[N+](=O)[O-]. The van der Waals surface area contributed by atoms with Crippen LogP contribution in [-0.4, -0.2) is 20.9 Å². The van der Waals surface area contributed by atoms with Crippen LogP contribution >= 0.6 is 0 Å². The Balaban J connectivity index is 1.97. The maximum atomic E-state index is 11.1. The summed E-state index contributed by atoms with van der Waals surface area (Å²) >= 11 is 0. The van der Waals surface area contributed by atoms with Gasteiger partial charge >= 0.3 is 0 Å². The number of nitrogens with zero attached hydrogens (tertiary/aromatic N) is 4. The fourth-order valence-electron chi connectivity index (χ4n) is 2.50. The molecule has 126 valence electrons. The van der Waals surface area contributed by atoms with Crippen molar-refractivity contribution in [3.63, 3.8) is 0 Å². The lowest BCUT2D eigenvalue weighted by atomic mass is 10.2. The summed E-state index contributed by atoms with van der Waals surface area (Å²) in [7, 11) is 1.82. The summed E-state index contributed by atoms with van der Waals surface area (Å²) in [4.78, 5) is 15.2. The van der Waals surface area contributed by atoms with Gasteiger partial charge in [0, 0.05) is 25.0 Å². The predicted octanol–water partition coefficient (Wildman–Crippen LogP) is 4.13. The van der Waals surface area contributed by atoms with Gasteiger partial charge in [-0.15, -0.1) is 0 Å². The number of nitrogens with one attached hydrogen (secondary N) is 1. The smallest absolute Gasteiger partial charge is 0.278 e. The number of aromatic nitrogens is 2. The molecule has 7 heteroatoms. The minimum Gasteiger partial charge on any atom is -0.339 e. The van der Waals surface area contributed by atoms with Gasteiger partial charge in [0.15, 0.2) is 5.82 Å². The van der Waals surface area contributed by atoms with Gasteiger partial charge in [-0.05, 0) is 25.1 Å². The number of aliphatic imine (C=N–C) groups is 1. The zero-order valence-electron chi connectivity index (χ0n) is 13.9. The maximum Gasteiger partial charge on any atom is 0.278 e. The number of aryl methyl sites for hydroxylation is 2. The Labute approximate surface area is 144 Å². The normalized spacial score (nSPS) is 11.0. The summed E-state index contributed by atoms with van der Waals surface area (Å²) in [6.45, 7) is 1.85. The van der Waals surface area contributed by atoms with Gasteiger partial charge in [0.1, 0.15) is 5.69 Å². The molecule has 0 aliphatic carbocycles. The maximum absolute atomic E-state index is 11.1. The highest BCUT2D eigenvalue weighted by Gasteiger charge is 2.14. The van der Waals surface area contributed by atoms with Crippen LogP contribution in [0.4, 0.5) is 22.9 Å². The van der Waals surface area contributed by atoms with Crippen LogP contribution in [0.1, 0.15) is 11.3 Å². The molecule has 0 aliphatic heterocycles. The van der Waals surface area contributed by atoms with Gasteiger partial charge in [0.25, 0.3) is 5.69 Å². The molecule has 0 bridgehead atoms. The fourth-order valence-corrected chi connectivity index (χ4v) is 2.50. The third kappa shape index (κ3) is 3.55. The number of para-hydroxylation sites is 2. The third-order valence-electron chi connectivity index (χ3n) is 3.69. The van der Waals surface area contributed by atoms with Gasteiger partial charge in [-0.25, -0.2) is 0 Å². The van der Waals surface area contributed by atoms with Crippen LogP contribution in [0.2, 0.25) is 0 Å². The molecule has 3 rings (SSSR count). The number of nitro groups is 1. The van der Waals surface area contributed by atoms with Crippen molar-refractivity contribution in [1.29, 1.82) is 0 Å². The van der Waals surface area contributed by atoms with Gasteiger partial charge in [0.05, 0.1) is 16.2 Å². The number of anilines is 2. The molecule has 2 aromatic carbocycles. The van der Waals surface area contributed by atoms with Crippen LogP contribution in [-0.2, 0) is 7.05 Å². The van der Waals surface area contributed by atoms with Crippen LogP contribution in [0.15, 0.2) is 59.6 Å². The minimum atomic E-state index is -0.416. The second kappa shape index (κ2) is 6.96. The molecule has 3 aromatic rings. The minimum absolute atomic E-state index is 0.0189. The first kappa shape index (κ1) is 16.4. The third-order valence-corrected chi connectivity index (χ3v) is 3.69. The monoisotopic (exact) mass is 335 g/mol. The molecule has 0 aliphatic rings. The molecule has 0 unspecified atom stereocenters. The molecule has 1 heterocycles. The molecule has 0 amide bonds. The standard InChI is InChI=1S/C18H17N5O2/c1-13-17(19-12-14-8-6-7-11-16(14)23(24)25)18(22(2)21-13)20-15-9-4-3-5-10-15/h3-12,20H,1-2H3. The Morgan fingerprint density at radius 3 is 2.56 bits per heavy atom. The van der Waals surface area contributed by atoms with E-state index in [4.69, 9.17) is 0 Å². The van der Waals surface area contributed by atoms with E-state index in [0.717, 1.165) is 17.2 Å². The van der Waals surface area contributed by atoms with E-state index >= 15 is 0 Å². The van der Waals surface area contributed by atoms with E-state index in [2.05, 4.69) is 15.4 Å². The molecule has 0 fully saturated rings. The summed E-state index contributed by atoms with van der Waals surface area (Å²) < 4.78 is 1.70. The highest BCUT2D eigenvalue weighted by Crippen LogP contribution is 2.31. The van der Waals surface area contributed by atoms with Crippen LogP contribution in [0.25, 0.3) is 0 Å². The highest BCUT2D eigenvalue weighted by atomic mass is 16.6. The van der Waals surface area contributed by atoms with Crippen molar-refractivity contribution in [1.82, 2.24) is 9.78 Å². The van der Waals surface area contributed by atoms with E-state index < -0.39 is 4.92 Å². The number of nitro benzene ring substituents is 1. The summed E-state index contributed by atoms with van der Waals surface area (Å²) in [6, 6.07) is 16.2. The number of rotatable bonds is 5. The van der Waals surface area contributed by atoms with Crippen LogP contribution in [0.5, 0.6) is 0 Å². The number of hydrogen-bond acceptors (Lipinski definition) is 5. The van der Waals surface area contributed by atoms with E-state index in [0.29, 0.717) is 11.3 Å². The molecule has 7 nitrogen and oxygen atoms in total. The quantitative estimate of drug-likeness (QED) is 0.431. The molecule has 0 saturated carbocycles. The van der Waals surface area contributed by atoms with E-state index in [-0.39, 0.29) is 5.69 Å². The van der Waals surface area contributed by atoms with Gasteiger partial charge in [0.2, 0.25) is 0 Å². The van der Waals surface area contributed by atoms with Crippen molar-refractivity contribution >= 4 is 29.1 Å². The summed E-state index contributed by atoms with van der Waals surface area (Å²) in [5, 5.41) is 18.8. The van der Waals surface area contributed by atoms with Gasteiger partial charge < -0.3 is 5.32 Å². The number of hydrogen-bond donors (Lipinski definition) is 1. The van der Waals surface area contributed by atoms with Crippen molar-refractivity contribution in [2.24, 2.45) is 12.0 Å². The van der Waals surface area contributed by atoms with Gasteiger partial charge in [-0.3, -0.25) is 19.8 Å². The van der Waals surface area contributed by atoms with Crippen LogP contribution in [0.3, 0.4) is 0 Å². The molecule has 0 radical (unpaired) electrons. The zero-order valence-corrected chi connectivity index (χ0v) is 13.9. The zero-order chi connectivity index (χ0) is 17.8. The lowest BCUT2D eigenvalue weighted by Crippen LogP contribution is -1.99. The first-order valence-electron chi connectivity index (χ1n) is 7.69. The largest absolute Gasteiger partial charge is 0.339 e. The molecule has 0 spiro atoms. The summed E-state index contributed by atoms with van der Waals surface area (Å²) in [6.07, 6.45) is 1.50. The van der Waals surface area contributed by atoms with Crippen LogP contribution in [0, 0.1) is 17.0 Å². The fraction of sp³-hybridized carbons (Fsp3) is 0.111. The van der Waals surface area contributed by atoms with Crippen LogP contribution < -0.4 is 5.32 Å². The topological polar surface area (TPSA) is 85.3 Å². The van der Waals surface area contributed by atoms with E-state index in [9.17, 15) is 10.1 Å². The van der Waals surface area contributed by atoms with Crippen molar-refractivity contribution in [3.8, 4) is 0 Å². The molecule has 1 N–H and O–H groups in total. The highest BCUT2D eigenvalue weighted by molar-refractivity contribution is 5.88.